The summed E-state index contributed by atoms with van der Waals surface area (Å²) >= 11 is 1.54. The van der Waals surface area contributed by atoms with E-state index < -0.39 is 11.9 Å². The molecule has 1 aromatic heterocycles. The molecule has 2 N–H and O–H groups in total. The van der Waals surface area contributed by atoms with Gasteiger partial charge in [-0.05, 0) is 42.1 Å². The number of phenols is 1. The normalized spacial score (nSPS) is 12.0. The van der Waals surface area contributed by atoms with Crippen molar-refractivity contribution in [3.63, 3.8) is 0 Å². The van der Waals surface area contributed by atoms with Crippen molar-refractivity contribution in [3.05, 3.63) is 46.7 Å². The zero-order valence-electron chi connectivity index (χ0n) is 10.2. The Balaban J connectivity index is 1.93. The molecule has 0 radical (unpaired) electrons. The molecule has 0 saturated carbocycles. The van der Waals surface area contributed by atoms with Crippen LogP contribution < -0.4 is 4.74 Å². The van der Waals surface area contributed by atoms with Crippen LogP contribution in [0.5, 0.6) is 11.5 Å². The zero-order chi connectivity index (χ0) is 13.7. The van der Waals surface area contributed by atoms with Gasteiger partial charge < -0.3 is 14.9 Å². The van der Waals surface area contributed by atoms with E-state index in [-0.39, 0.29) is 12.4 Å². The molecular weight excluding hydrogens is 264 g/mol. The standard InChI is InChI=1S/C14H14O4S/c15-11-3-5-12(6-4-11)18-9-10(14(16)17)8-13-2-1-7-19-13/h1-7,10,15H,8-9H2,(H,16,17). The number of hydrogen-bond donors (Lipinski definition) is 2. The third-order valence-electron chi connectivity index (χ3n) is 2.66. The molecule has 4 nitrogen and oxygen atoms in total. The number of phenolic OH excluding ortho intramolecular Hbond substituents is 1. The molecule has 0 bridgehead atoms. The molecule has 100 valence electrons. The maximum Gasteiger partial charge on any atom is 0.310 e. The van der Waals surface area contributed by atoms with Crippen LogP contribution in [0, 0.1) is 5.92 Å². The maximum atomic E-state index is 11.2. The SMILES string of the molecule is O=C(O)C(COc1ccc(O)cc1)Cc1cccs1. The molecular formula is C14H14O4S. The zero-order valence-corrected chi connectivity index (χ0v) is 11.0. The number of aliphatic carboxylic acids is 1. The van der Waals surface area contributed by atoms with Crippen LogP contribution in [-0.4, -0.2) is 22.8 Å². The van der Waals surface area contributed by atoms with E-state index in [4.69, 9.17) is 9.84 Å². The maximum absolute atomic E-state index is 11.2. The highest BCUT2D eigenvalue weighted by atomic mass is 32.1. The van der Waals surface area contributed by atoms with Crippen LogP contribution in [0.1, 0.15) is 4.88 Å². The van der Waals surface area contributed by atoms with E-state index in [0.717, 1.165) is 4.88 Å². The van der Waals surface area contributed by atoms with Crippen LogP contribution in [0.15, 0.2) is 41.8 Å². The molecule has 1 aromatic carbocycles. The van der Waals surface area contributed by atoms with Gasteiger partial charge in [-0.2, -0.15) is 0 Å². The predicted molar refractivity (Wildman–Crippen MR) is 72.8 cm³/mol. The van der Waals surface area contributed by atoms with Gasteiger partial charge in [0.2, 0.25) is 0 Å². The van der Waals surface area contributed by atoms with E-state index in [9.17, 15) is 9.90 Å². The van der Waals surface area contributed by atoms with Crippen molar-refractivity contribution >= 4 is 17.3 Å². The Bertz CT molecular complexity index is 519. The number of benzene rings is 1. The Morgan fingerprint density at radius 1 is 1.26 bits per heavy atom. The first kappa shape index (κ1) is 13.4. The largest absolute Gasteiger partial charge is 0.508 e. The third kappa shape index (κ3) is 3.99. The van der Waals surface area contributed by atoms with Crippen molar-refractivity contribution in [3.8, 4) is 11.5 Å². The van der Waals surface area contributed by atoms with Gasteiger partial charge in [-0.25, -0.2) is 0 Å². The number of hydrogen-bond acceptors (Lipinski definition) is 4. The summed E-state index contributed by atoms with van der Waals surface area (Å²) in [4.78, 5) is 12.2. The highest BCUT2D eigenvalue weighted by Crippen LogP contribution is 2.19. The lowest BCUT2D eigenvalue weighted by atomic mass is 10.1. The van der Waals surface area contributed by atoms with E-state index in [2.05, 4.69) is 0 Å². The van der Waals surface area contributed by atoms with Crippen molar-refractivity contribution < 1.29 is 19.7 Å². The molecule has 0 saturated heterocycles. The van der Waals surface area contributed by atoms with Crippen LogP contribution in [0.2, 0.25) is 0 Å². The Hall–Kier alpha value is -2.01. The number of carbonyl (C=O) groups is 1. The molecule has 5 heteroatoms. The minimum absolute atomic E-state index is 0.109. The molecule has 0 spiro atoms. The first-order chi connectivity index (χ1) is 9.15. The molecule has 1 unspecified atom stereocenters. The summed E-state index contributed by atoms with van der Waals surface area (Å²) in [5.74, 6) is -0.740. The van der Waals surface area contributed by atoms with E-state index >= 15 is 0 Å². The first-order valence-electron chi connectivity index (χ1n) is 5.82. The van der Waals surface area contributed by atoms with Gasteiger partial charge in [0.05, 0.1) is 5.92 Å². The Kier molecular flexibility index (Phi) is 4.41. The predicted octanol–water partition coefficient (Wildman–Crippen LogP) is 2.78. The van der Waals surface area contributed by atoms with Crippen LogP contribution >= 0.6 is 11.3 Å². The summed E-state index contributed by atoms with van der Waals surface area (Å²) in [6.45, 7) is 0.109. The molecule has 1 atom stereocenters. The monoisotopic (exact) mass is 278 g/mol. The summed E-state index contributed by atoms with van der Waals surface area (Å²) < 4.78 is 5.45. The van der Waals surface area contributed by atoms with Gasteiger partial charge >= 0.3 is 5.97 Å². The second-order valence-corrected chi connectivity index (χ2v) is 5.16. The highest BCUT2D eigenvalue weighted by molar-refractivity contribution is 7.09. The highest BCUT2D eigenvalue weighted by Gasteiger charge is 2.19. The van der Waals surface area contributed by atoms with Gasteiger partial charge in [0.25, 0.3) is 0 Å². The average Bonchev–Trinajstić information content (AvgIpc) is 2.89. The van der Waals surface area contributed by atoms with E-state index in [0.29, 0.717) is 12.2 Å². The second kappa shape index (κ2) is 6.24. The van der Waals surface area contributed by atoms with Crippen molar-refractivity contribution in [1.29, 1.82) is 0 Å². The summed E-state index contributed by atoms with van der Waals surface area (Å²) in [5, 5.41) is 20.2. The number of rotatable bonds is 6. The number of carboxylic acid groups (broad SMARTS) is 1. The van der Waals surface area contributed by atoms with Crippen LogP contribution in [0.3, 0.4) is 0 Å². The molecule has 1 heterocycles. The van der Waals surface area contributed by atoms with Gasteiger partial charge in [-0.15, -0.1) is 11.3 Å². The number of ether oxygens (including phenoxy) is 1. The van der Waals surface area contributed by atoms with Crippen molar-refractivity contribution in [1.82, 2.24) is 0 Å². The molecule has 2 aromatic rings. The van der Waals surface area contributed by atoms with Crippen molar-refractivity contribution in [2.75, 3.05) is 6.61 Å². The Morgan fingerprint density at radius 3 is 2.58 bits per heavy atom. The number of thiophene rings is 1. The fourth-order valence-electron chi connectivity index (χ4n) is 1.63. The average molecular weight is 278 g/mol. The fourth-order valence-corrected chi connectivity index (χ4v) is 2.41. The van der Waals surface area contributed by atoms with Gasteiger partial charge in [-0.3, -0.25) is 4.79 Å². The minimum atomic E-state index is -0.868. The number of carboxylic acids is 1. The topological polar surface area (TPSA) is 66.8 Å². The Labute approximate surface area is 114 Å². The molecule has 2 rings (SSSR count). The Morgan fingerprint density at radius 2 is 2.00 bits per heavy atom. The molecule has 0 amide bonds. The lowest BCUT2D eigenvalue weighted by Crippen LogP contribution is -2.23. The van der Waals surface area contributed by atoms with Crippen LogP contribution in [-0.2, 0) is 11.2 Å². The summed E-state index contributed by atoms with van der Waals surface area (Å²) in [6.07, 6.45) is 0.463. The smallest absolute Gasteiger partial charge is 0.310 e. The van der Waals surface area contributed by atoms with Gasteiger partial charge in [0.15, 0.2) is 0 Å². The molecule has 19 heavy (non-hydrogen) atoms. The lowest BCUT2D eigenvalue weighted by molar-refractivity contribution is -0.142. The third-order valence-corrected chi connectivity index (χ3v) is 3.56. The number of aromatic hydroxyl groups is 1. The van der Waals surface area contributed by atoms with E-state index in [1.807, 2.05) is 17.5 Å². The fraction of sp³-hybridized carbons (Fsp3) is 0.214. The lowest BCUT2D eigenvalue weighted by Gasteiger charge is -2.13. The van der Waals surface area contributed by atoms with Gasteiger partial charge in [0.1, 0.15) is 18.1 Å². The van der Waals surface area contributed by atoms with Crippen LogP contribution in [0.25, 0.3) is 0 Å². The van der Waals surface area contributed by atoms with E-state index in [1.165, 1.54) is 12.1 Å². The van der Waals surface area contributed by atoms with Gasteiger partial charge in [0, 0.05) is 4.88 Å². The first-order valence-corrected chi connectivity index (χ1v) is 6.70. The van der Waals surface area contributed by atoms with Gasteiger partial charge in [-0.1, -0.05) is 6.07 Å². The molecule has 0 aliphatic carbocycles. The second-order valence-electron chi connectivity index (χ2n) is 4.12. The summed E-state index contributed by atoms with van der Waals surface area (Å²) in [7, 11) is 0. The van der Waals surface area contributed by atoms with Crippen molar-refractivity contribution in [2.45, 2.75) is 6.42 Å². The molecule has 0 aliphatic heterocycles. The van der Waals surface area contributed by atoms with E-state index in [1.54, 1.807) is 23.5 Å². The quantitative estimate of drug-likeness (QED) is 0.852. The van der Waals surface area contributed by atoms with Crippen LogP contribution in [0.4, 0.5) is 0 Å². The molecule has 0 fully saturated rings. The van der Waals surface area contributed by atoms with Crippen molar-refractivity contribution in [2.24, 2.45) is 5.92 Å². The summed E-state index contributed by atoms with van der Waals surface area (Å²) in [5.41, 5.74) is 0. The molecule has 0 aliphatic rings. The summed E-state index contributed by atoms with van der Waals surface area (Å²) in [6, 6.07) is 10.1. The minimum Gasteiger partial charge on any atom is -0.508 e.